The van der Waals surface area contributed by atoms with E-state index < -0.39 is 10.0 Å². The van der Waals surface area contributed by atoms with Crippen molar-refractivity contribution in [3.05, 3.63) is 47.3 Å². The van der Waals surface area contributed by atoms with Crippen molar-refractivity contribution >= 4 is 40.0 Å². The first-order valence-corrected chi connectivity index (χ1v) is 11.4. The van der Waals surface area contributed by atoms with E-state index >= 15 is 0 Å². The molecule has 168 valence electrons. The third-order valence-corrected chi connectivity index (χ3v) is 5.76. The fourth-order valence-electron chi connectivity index (χ4n) is 2.82. The van der Waals surface area contributed by atoms with Gasteiger partial charge >= 0.3 is 0 Å². The zero-order chi connectivity index (χ0) is 21.3. The van der Waals surface area contributed by atoms with Gasteiger partial charge in [0.05, 0.1) is 10.6 Å². The lowest BCUT2D eigenvalue weighted by molar-refractivity contribution is 0.566. The van der Waals surface area contributed by atoms with Gasteiger partial charge in [0, 0.05) is 38.4 Å². The smallest absolute Gasteiger partial charge is 0.240 e. The highest BCUT2D eigenvalue weighted by Gasteiger charge is 2.12. The summed E-state index contributed by atoms with van der Waals surface area (Å²) >= 11 is 0. The molecule has 0 aliphatic rings. The summed E-state index contributed by atoms with van der Waals surface area (Å²) in [5, 5.41) is 10.8. The van der Waals surface area contributed by atoms with E-state index in [1.165, 1.54) is 0 Å². The lowest BCUT2D eigenvalue weighted by Crippen LogP contribution is -2.41. The molecule has 0 unspecified atom stereocenters. The Kier molecular flexibility index (Phi) is 11.3. The minimum atomic E-state index is -3.50. The molecule has 2 aromatic rings. The van der Waals surface area contributed by atoms with Gasteiger partial charge in [0.25, 0.3) is 0 Å². The van der Waals surface area contributed by atoms with Gasteiger partial charge in [0.15, 0.2) is 5.96 Å². The fraction of sp³-hybridized carbons (Fsp3) is 0.500. The van der Waals surface area contributed by atoms with Crippen molar-refractivity contribution in [3.8, 4) is 0 Å². The number of aromatic nitrogens is 2. The van der Waals surface area contributed by atoms with E-state index in [4.69, 9.17) is 0 Å². The van der Waals surface area contributed by atoms with Crippen LogP contribution in [0.3, 0.4) is 0 Å². The predicted molar refractivity (Wildman–Crippen MR) is 132 cm³/mol. The van der Waals surface area contributed by atoms with Crippen LogP contribution in [0.25, 0.3) is 0 Å². The van der Waals surface area contributed by atoms with E-state index in [0.717, 1.165) is 36.5 Å². The lowest BCUT2D eigenvalue weighted by Gasteiger charge is -2.12. The Bertz CT molecular complexity index is 910. The van der Waals surface area contributed by atoms with Gasteiger partial charge in [-0.15, -0.1) is 24.0 Å². The van der Waals surface area contributed by atoms with Crippen LogP contribution in [0.2, 0.25) is 0 Å². The Balaban J connectivity index is 0.00000450. The van der Waals surface area contributed by atoms with Gasteiger partial charge in [-0.2, -0.15) is 5.10 Å². The molecule has 0 atom stereocenters. The average molecular weight is 548 g/mol. The van der Waals surface area contributed by atoms with Crippen molar-refractivity contribution in [2.75, 3.05) is 26.2 Å². The maximum atomic E-state index is 12.3. The van der Waals surface area contributed by atoms with E-state index in [-0.39, 0.29) is 35.4 Å². The zero-order valence-corrected chi connectivity index (χ0v) is 21.3. The summed E-state index contributed by atoms with van der Waals surface area (Å²) in [6.07, 6.45) is 0.874. The molecule has 10 heteroatoms. The van der Waals surface area contributed by atoms with Gasteiger partial charge in [0.2, 0.25) is 10.0 Å². The highest BCUT2D eigenvalue weighted by Crippen LogP contribution is 2.09. The Morgan fingerprint density at radius 2 is 1.80 bits per heavy atom. The molecule has 0 radical (unpaired) electrons. The number of halogens is 1. The Morgan fingerprint density at radius 1 is 1.10 bits per heavy atom. The van der Waals surface area contributed by atoms with Gasteiger partial charge in [-0.1, -0.05) is 17.7 Å². The first-order chi connectivity index (χ1) is 13.8. The number of hydrogen-bond donors (Lipinski definition) is 3. The number of sulfonamides is 1. The van der Waals surface area contributed by atoms with E-state index in [1.807, 2.05) is 32.4 Å². The van der Waals surface area contributed by atoms with Crippen molar-refractivity contribution < 1.29 is 8.42 Å². The molecule has 0 bridgehead atoms. The van der Waals surface area contributed by atoms with E-state index in [9.17, 15) is 8.42 Å². The minimum Gasteiger partial charge on any atom is -0.357 e. The largest absolute Gasteiger partial charge is 0.357 e. The topological polar surface area (TPSA) is 100 Å². The van der Waals surface area contributed by atoms with Crippen molar-refractivity contribution in [2.45, 2.75) is 45.6 Å². The molecular formula is C20H33IN6O2S. The van der Waals surface area contributed by atoms with Gasteiger partial charge in [-0.05, 0) is 52.3 Å². The SMILES string of the molecule is CCNC(=NCCCn1nc(C)cc1C)NCCNS(=O)(=O)c1ccc(C)cc1.I. The van der Waals surface area contributed by atoms with Crippen LogP contribution in [0.1, 0.15) is 30.3 Å². The van der Waals surface area contributed by atoms with Crippen LogP contribution in [0.4, 0.5) is 0 Å². The number of hydrogen-bond acceptors (Lipinski definition) is 4. The molecule has 1 aromatic carbocycles. The molecule has 0 fully saturated rings. The summed E-state index contributed by atoms with van der Waals surface area (Å²) in [4.78, 5) is 4.81. The van der Waals surface area contributed by atoms with Crippen LogP contribution < -0.4 is 15.4 Å². The van der Waals surface area contributed by atoms with Crippen molar-refractivity contribution in [2.24, 2.45) is 4.99 Å². The Morgan fingerprint density at radius 3 is 2.40 bits per heavy atom. The number of benzene rings is 1. The van der Waals surface area contributed by atoms with Crippen LogP contribution in [0.15, 0.2) is 40.2 Å². The molecule has 0 aliphatic heterocycles. The number of aryl methyl sites for hydroxylation is 4. The maximum Gasteiger partial charge on any atom is 0.240 e. The minimum absolute atomic E-state index is 0. The third-order valence-electron chi connectivity index (χ3n) is 4.29. The van der Waals surface area contributed by atoms with Crippen LogP contribution >= 0.6 is 24.0 Å². The predicted octanol–water partition coefficient (Wildman–Crippen LogP) is 2.35. The molecule has 30 heavy (non-hydrogen) atoms. The maximum absolute atomic E-state index is 12.3. The lowest BCUT2D eigenvalue weighted by atomic mass is 10.2. The summed E-state index contributed by atoms with van der Waals surface area (Å²) in [5.41, 5.74) is 3.20. The molecule has 8 nitrogen and oxygen atoms in total. The summed E-state index contributed by atoms with van der Waals surface area (Å²) in [7, 11) is -3.50. The van der Waals surface area contributed by atoms with Crippen LogP contribution in [-0.2, 0) is 16.6 Å². The van der Waals surface area contributed by atoms with Crippen LogP contribution in [-0.4, -0.2) is 50.3 Å². The molecule has 0 saturated carbocycles. The molecule has 0 saturated heterocycles. The molecule has 1 aromatic heterocycles. The molecular weight excluding hydrogens is 515 g/mol. The zero-order valence-electron chi connectivity index (χ0n) is 18.1. The van der Waals surface area contributed by atoms with Gasteiger partial charge in [-0.3, -0.25) is 9.67 Å². The van der Waals surface area contributed by atoms with E-state index in [2.05, 4.69) is 31.5 Å². The molecule has 0 amide bonds. The quantitative estimate of drug-likeness (QED) is 0.183. The van der Waals surface area contributed by atoms with Crippen molar-refractivity contribution in [1.29, 1.82) is 0 Å². The van der Waals surface area contributed by atoms with Crippen LogP contribution in [0, 0.1) is 20.8 Å². The highest BCUT2D eigenvalue weighted by molar-refractivity contribution is 14.0. The monoisotopic (exact) mass is 548 g/mol. The number of rotatable bonds is 10. The number of nitrogens with zero attached hydrogens (tertiary/aromatic N) is 3. The number of aliphatic imine (C=N–C) groups is 1. The van der Waals surface area contributed by atoms with Crippen molar-refractivity contribution in [3.63, 3.8) is 0 Å². The number of nitrogens with one attached hydrogen (secondary N) is 3. The molecule has 2 rings (SSSR count). The van der Waals surface area contributed by atoms with E-state index in [0.29, 0.717) is 19.0 Å². The van der Waals surface area contributed by atoms with Gasteiger partial charge < -0.3 is 10.6 Å². The summed E-state index contributed by atoms with van der Waals surface area (Å²) in [6, 6.07) is 8.86. The van der Waals surface area contributed by atoms with Crippen molar-refractivity contribution in [1.82, 2.24) is 25.1 Å². The molecule has 1 heterocycles. The molecule has 0 spiro atoms. The second kappa shape index (κ2) is 12.9. The third kappa shape index (κ3) is 8.60. The molecule has 0 aliphatic carbocycles. The normalized spacial score (nSPS) is 11.8. The molecule has 3 N–H and O–H groups in total. The highest BCUT2D eigenvalue weighted by atomic mass is 127. The summed E-state index contributed by atoms with van der Waals surface area (Å²) < 4.78 is 29.2. The number of guanidine groups is 1. The Hall–Kier alpha value is -1.66. The first kappa shape index (κ1) is 26.4. The second-order valence-corrected chi connectivity index (χ2v) is 8.67. The second-order valence-electron chi connectivity index (χ2n) is 6.90. The summed E-state index contributed by atoms with van der Waals surface area (Å²) in [6.45, 7) is 10.9. The fourth-order valence-corrected chi connectivity index (χ4v) is 3.85. The average Bonchev–Trinajstić information content (AvgIpc) is 2.99. The van der Waals surface area contributed by atoms with E-state index in [1.54, 1.807) is 24.3 Å². The standard InChI is InChI=1S/C20H32N6O2S.HI/c1-5-21-20(22-11-6-14-26-18(4)15-17(3)25-26)23-12-13-24-29(27,28)19-9-7-16(2)8-10-19;/h7-10,15,24H,5-6,11-14H2,1-4H3,(H2,21,22,23);1H. The van der Waals surface area contributed by atoms with Gasteiger partial charge in [0.1, 0.15) is 0 Å². The van der Waals surface area contributed by atoms with Crippen LogP contribution in [0.5, 0.6) is 0 Å². The first-order valence-electron chi connectivity index (χ1n) is 9.91. The summed E-state index contributed by atoms with van der Waals surface area (Å²) in [5.74, 6) is 0.676. The Labute approximate surface area is 197 Å². The van der Waals surface area contributed by atoms with Gasteiger partial charge in [-0.25, -0.2) is 13.1 Å².